The standard InChI is InChI=1S/C33H33BN2O9/c1-42-33(40)36-31(38)25-16-21(19-43-22-7-3-2-4-8-22)29-26(30(25)32(36)39)17-34(41)45-28(29)13-10-20(27-9-5-6-14-35-27)15-23-11-12-24(18-37)44-23/h2-9,11-12,14-15,25-26,28,30,37,41H,10,13,16-19H2,1H3/b20-15-/t25-,26+,28-,30-/m1/s1. The zero-order valence-corrected chi connectivity index (χ0v) is 24.7. The number of aromatic nitrogens is 1. The molecule has 0 unspecified atom stereocenters. The molecule has 45 heavy (non-hydrogen) atoms. The molecule has 0 spiro atoms. The van der Waals surface area contributed by atoms with E-state index >= 15 is 0 Å². The third-order valence-electron chi connectivity index (χ3n) is 8.65. The first-order chi connectivity index (χ1) is 21.9. The van der Waals surface area contributed by atoms with E-state index in [9.17, 15) is 24.5 Å². The number of aliphatic hydroxyl groups is 1. The van der Waals surface area contributed by atoms with Gasteiger partial charge in [-0.05, 0) is 90.7 Å². The molecular weight excluding hydrogens is 579 g/mol. The summed E-state index contributed by atoms with van der Waals surface area (Å²) in [6.45, 7) is -0.0747. The van der Waals surface area contributed by atoms with Crippen LogP contribution in [0.1, 0.15) is 36.5 Å². The number of imide groups is 3. The second kappa shape index (κ2) is 13.2. The Morgan fingerprint density at radius 3 is 2.60 bits per heavy atom. The van der Waals surface area contributed by atoms with E-state index in [-0.39, 0.29) is 26.0 Å². The van der Waals surface area contributed by atoms with Gasteiger partial charge in [0.05, 0.1) is 30.7 Å². The van der Waals surface area contributed by atoms with Gasteiger partial charge in [-0.2, -0.15) is 4.90 Å². The lowest BCUT2D eigenvalue weighted by molar-refractivity contribution is -0.137. The molecule has 3 aliphatic rings. The van der Waals surface area contributed by atoms with E-state index in [1.54, 1.807) is 18.3 Å². The van der Waals surface area contributed by atoms with E-state index in [2.05, 4.69) is 4.98 Å². The Hall–Kier alpha value is -4.52. The number of amides is 3. The molecule has 2 aliphatic heterocycles. The van der Waals surface area contributed by atoms with Crippen molar-refractivity contribution in [2.45, 2.75) is 38.3 Å². The van der Waals surface area contributed by atoms with Crippen LogP contribution in [-0.2, 0) is 25.6 Å². The molecule has 1 aliphatic carbocycles. The number of nitrogens with zero attached hydrogens (tertiary/aromatic N) is 2. The Balaban J connectivity index is 1.35. The number of rotatable bonds is 9. The zero-order valence-electron chi connectivity index (χ0n) is 24.7. The molecule has 0 saturated carbocycles. The fourth-order valence-corrected chi connectivity index (χ4v) is 6.70. The Kier molecular flexibility index (Phi) is 8.97. The third-order valence-corrected chi connectivity index (χ3v) is 8.65. The molecule has 2 saturated heterocycles. The minimum atomic E-state index is -1.19. The van der Waals surface area contributed by atoms with Gasteiger partial charge in [-0.25, -0.2) is 4.79 Å². The van der Waals surface area contributed by atoms with Gasteiger partial charge >= 0.3 is 13.2 Å². The van der Waals surface area contributed by atoms with Crippen molar-refractivity contribution in [3.63, 3.8) is 0 Å². The summed E-state index contributed by atoms with van der Waals surface area (Å²) in [5, 5.41) is 20.4. The van der Waals surface area contributed by atoms with Crippen molar-refractivity contribution in [1.82, 2.24) is 9.88 Å². The molecule has 2 fully saturated rings. The summed E-state index contributed by atoms with van der Waals surface area (Å²) in [5.74, 6) is -1.76. The Bertz CT molecular complexity index is 1620. The van der Waals surface area contributed by atoms with E-state index in [1.807, 2.05) is 54.6 Å². The normalized spacial score (nSPS) is 23.2. The molecule has 0 bridgehead atoms. The summed E-state index contributed by atoms with van der Waals surface area (Å²) in [7, 11) is -0.0598. The molecule has 3 amide bonds. The summed E-state index contributed by atoms with van der Waals surface area (Å²) >= 11 is 0. The lowest BCUT2D eigenvalue weighted by atomic mass is 9.58. The average molecular weight is 612 g/mol. The van der Waals surface area contributed by atoms with Gasteiger partial charge in [-0.15, -0.1) is 0 Å². The van der Waals surface area contributed by atoms with Crippen LogP contribution in [0.15, 0.2) is 82.4 Å². The molecule has 12 heteroatoms. The first kappa shape index (κ1) is 30.5. The van der Waals surface area contributed by atoms with E-state index in [0.29, 0.717) is 35.0 Å². The minimum absolute atomic E-state index is 0.0924. The van der Waals surface area contributed by atoms with Crippen LogP contribution in [0.3, 0.4) is 0 Å². The second-order valence-corrected chi connectivity index (χ2v) is 11.3. The number of fused-ring (bicyclic) bond motifs is 3. The fraction of sp³-hybridized carbons (Fsp3) is 0.333. The molecule has 1 aromatic carbocycles. The summed E-state index contributed by atoms with van der Waals surface area (Å²) in [5.41, 5.74) is 3.18. The number of furan rings is 1. The number of methoxy groups -OCH3 is 1. The van der Waals surface area contributed by atoms with Crippen LogP contribution in [0.2, 0.25) is 6.32 Å². The van der Waals surface area contributed by atoms with E-state index in [4.69, 9.17) is 18.5 Å². The molecular formula is C33H33BN2O9. The van der Waals surface area contributed by atoms with Crippen LogP contribution in [0.25, 0.3) is 11.6 Å². The highest BCUT2D eigenvalue weighted by molar-refractivity contribution is 6.43. The monoisotopic (exact) mass is 612 g/mol. The highest BCUT2D eigenvalue weighted by Gasteiger charge is 2.59. The van der Waals surface area contributed by atoms with Crippen molar-refractivity contribution in [1.29, 1.82) is 0 Å². The van der Waals surface area contributed by atoms with Crippen LogP contribution in [-0.4, -0.2) is 64.9 Å². The Labute approximate surface area is 260 Å². The maximum atomic E-state index is 13.6. The minimum Gasteiger partial charge on any atom is -0.489 e. The summed E-state index contributed by atoms with van der Waals surface area (Å²) in [6, 6.07) is 18.3. The number of ether oxygens (including phenoxy) is 2. The van der Waals surface area contributed by atoms with Crippen LogP contribution in [0.5, 0.6) is 5.75 Å². The van der Waals surface area contributed by atoms with Gasteiger partial charge in [0.25, 0.3) is 0 Å². The molecule has 6 rings (SSSR count). The van der Waals surface area contributed by atoms with E-state index in [1.165, 1.54) is 0 Å². The van der Waals surface area contributed by atoms with Crippen LogP contribution in [0, 0.1) is 17.8 Å². The topological polar surface area (TPSA) is 149 Å². The molecule has 232 valence electrons. The quantitative estimate of drug-likeness (QED) is 0.205. The van der Waals surface area contributed by atoms with Crippen LogP contribution in [0.4, 0.5) is 4.79 Å². The van der Waals surface area contributed by atoms with Crippen molar-refractivity contribution < 1.29 is 43.1 Å². The highest BCUT2D eigenvalue weighted by atomic mass is 16.5. The lowest BCUT2D eigenvalue weighted by Gasteiger charge is -2.43. The molecule has 0 radical (unpaired) electrons. The molecule has 3 aromatic rings. The predicted molar refractivity (Wildman–Crippen MR) is 162 cm³/mol. The average Bonchev–Trinajstić information content (AvgIpc) is 3.63. The highest BCUT2D eigenvalue weighted by Crippen LogP contribution is 2.51. The number of pyridine rings is 1. The third kappa shape index (κ3) is 6.21. The van der Waals surface area contributed by atoms with Gasteiger partial charge in [0.1, 0.15) is 30.5 Å². The number of para-hydroxylation sites is 1. The summed E-state index contributed by atoms with van der Waals surface area (Å²) in [6.07, 6.45) is 3.10. The van der Waals surface area contributed by atoms with Crippen molar-refractivity contribution in [3.8, 4) is 5.75 Å². The van der Waals surface area contributed by atoms with Gasteiger partial charge < -0.3 is 28.7 Å². The van der Waals surface area contributed by atoms with Gasteiger partial charge in [0.15, 0.2) is 0 Å². The fourth-order valence-electron chi connectivity index (χ4n) is 6.70. The second-order valence-electron chi connectivity index (χ2n) is 11.3. The Morgan fingerprint density at radius 2 is 1.89 bits per heavy atom. The van der Waals surface area contributed by atoms with Crippen LogP contribution >= 0.6 is 0 Å². The maximum absolute atomic E-state index is 13.6. The number of hydrogen-bond donors (Lipinski definition) is 2. The molecule has 4 heterocycles. The van der Waals surface area contributed by atoms with Crippen LogP contribution < -0.4 is 4.74 Å². The van der Waals surface area contributed by atoms with Gasteiger partial charge in [0.2, 0.25) is 11.8 Å². The summed E-state index contributed by atoms with van der Waals surface area (Å²) < 4.78 is 22.7. The number of likely N-dealkylation sites (tertiary alicyclic amines) is 1. The first-order valence-electron chi connectivity index (χ1n) is 14.9. The molecule has 2 aromatic heterocycles. The first-order valence-corrected chi connectivity index (χ1v) is 14.9. The smallest absolute Gasteiger partial charge is 0.455 e. The Morgan fingerprint density at radius 1 is 1.09 bits per heavy atom. The number of benzene rings is 1. The van der Waals surface area contributed by atoms with Gasteiger partial charge in [0, 0.05) is 6.20 Å². The number of allylic oxidation sites excluding steroid dienone is 1. The largest absolute Gasteiger partial charge is 0.489 e. The predicted octanol–water partition coefficient (Wildman–Crippen LogP) is 4.13. The van der Waals surface area contributed by atoms with E-state index in [0.717, 1.165) is 29.5 Å². The van der Waals surface area contributed by atoms with Crippen molar-refractivity contribution in [2.24, 2.45) is 17.8 Å². The molecule has 11 nitrogen and oxygen atoms in total. The van der Waals surface area contributed by atoms with Crippen molar-refractivity contribution in [2.75, 3.05) is 13.7 Å². The van der Waals surface area contributed by atoms with E-state index < -0.39 is 48.9 Å². The summed E-state index contributed by atoms with van der Waals surface area (Å²) in [4.78, 5) is 44.5. The lowest BCUT2D eigenvalue weighted by Crippen LogP contribution is -2.46. The zero-order chi connectivity index (χ0) is 31.5. The number of aliphatic hydroxyl groups excluding tert-OH is 1. The van der Waals surface area contributed by atoms with Gasteiger partial charge in [-0.3, -0.25) is 14.6 Å². The SMILES string of the molecule is COC(=O)N1C(=O)[C@@H]2[C@@H](CC(COc3ccccc3)=C3[C@@H](CC/C(=C/c4ccc(CO)o4)c4ccccn4)OB(O)C[C@@H]32)C1=O. The van der Waals surface area contributed by atoms with Gasteiger partial charge in [-0.1, -0.05) is 24.3 Å². The number of carbonyl (C=O) groups excluding carboxylic acids is 3. The maximum Gasteiger partial charge on any atom is 0.455 e. The van der Waals surface area contributed by atoms with Crippen molar-refractivity contribution in [3.05, 3.63) is 95.2 Å². The molecule has 4 atom stereocenters. The number of carbonyl (C=O) groups is 3. The molecule has 2 N–H and O–H groups in total. The van der Waals surface area contributed by atoms with Crippen molar-refractivity contribution >= 4 is 36.7 Å². The number of hydrogen-bond acceptors (Lipinski definition) is 10.